The molecule has 0 spiro atoms. The van der Waals surface area contributed by atoms with Gasteiger partial charge in [0.2, 0.25) is 5.95 Å². The van der Waals surface area contributed by atoms with Gasteiger partial charge in [-0.2, -0.15) is 22.9 Å². The number of aromatic nitrogens is 5. The summed E-state index contributed by atoms with van der Waals surface area (Å²) < 4.78 is 14.7. The van der Waals surface area contributed by atoms with Crippen LogP contribution in [-0.2, 0) is 42.1 Å². The van der Waals surface area contributed by atoms with Crippen LogP contribution in [0.15, 0.2) is 176 Å². The van der Waals surface area contributed by atoms with E-state index in [1.54, 1.807) is 18.5 Å². The fraction of sp³-hybridized carbons (Fsp3) is 0. The van der Waals surface area contributed by atoms with Crippen LogP contribution in [0.4, 0.5) is 0 Å². The third-order valence-corrected chi connectivity index (χ3v) is 9.55. The third kappa shape index (κ3) is 8.26. The summed E-state index contributed by atoms with van der Waals surface area (Å²) in [4.78, 5) is 18.5. The minimum Gasteiger partial charge on any atom is -0.503 e. The molecule has 10 aromatic rings. The molecule has 0 saturated heterocycles. The van der Waals surface area contributed by atoms with Gasteiger partial charge >= 0.3 is 42.1 Å². The van der Waals surface area contributed by atoms with Gasteiger partial charge in [0.1, 0.15) is 0 Å². The first-order valence-electron chi connectivity index (χ1n) is 18.4. The molecule has 9 heteroatoms. The van der Waals surface area contributed by atoms with Crippen LogP contribution in [0.3, 0.4) is 0 Å². The van der Waals surface area contributed by atoms with Crippen LogP contribution in [0.2, 0.25) is 0 Å². The van der Waals surface area contributed by atoms with E-state index in [9.17, 15) is 0 Å². The van der Waals surface area contributed by atoms with E-state index in [2.05, 4.69) is 80.6 Å². The Morgan fingerprint density at radius 1 is 0.373 bits per heavy atom. The van der Waals surface area contributed by atoms with Gasteiger partial charge in [-0.3, -0.25) is 0 Å². The molecule has 0 radical (unpaired) electrons. The number of hydrogen-bond donors (Lipinski definition) is 0. The van der Waals surface area contributed by atoms with E-state index >= 15 is 0 Å². The molecule has 59 heavy (non-hydrogen) atoms. The van der Waals surface area contributed by atoms with Crippen molar-refractivity contribution < 1.29 is 51.6 Å². The van der Waals surface area contributed by atoms with Gasteiger partial charge in [0, 0.05) is 47.8 Å². The normalized spacial score (nSPS) is 10.8. The minimum absolute atomic E-state index is 0. The molecule has 4 heterocycles. The number of pyridine rings is 2. The van der Waals surface area contributed by atoms with Crippen molar-refractivity contribution in [3.05, 3.63) is 201 Å². The molecule has 7 nitrogen and oxygen atoms in total. The molecule has 0 aliphatic rings. The van der Waals surface area contributed by atoms with Gasteiger partial charge in [-0.05, 0) is 51.8 Å². The number of fused-ring (bicyclic) bond motifs is 3. The molecule has 0 aliphatic carbocycles. The zero-order valence-corrected chi connectivity index (χ0v) is 35.5. The van der Waals surface area contributed by atoms with Crippen LogP contribution in [0.1, 0.15) is 0 Å². The zero-order valence-electron chi connectivity index (χ0n) is 30.9. The Kier molecular flexibility index (Phi) is 11.7. The molecule has 4 aromatic heterocycles. The number of benzene rings is 6. The summed E-state index contributed by atoms with van der Waals surface area (Å²) in [5.74, 6) is 2.56. The molecular weight excluding hydrogens is 1090 g/mol. The maximum atomic E-state index is 6.40. The fourth-order valence-electron chi connectivity index (χ4n) is 6.88. The van der Waals surface area contributed by atoms with Gasteiger partial charge in [-0.1, -0.05) is 96.0 Å². The van der Waals surface area contributed by atoms with E-state index in [-0.39, 0.29) is 42.1 Å². The Morgan fingerprint density at radius 3 is 1.31 bits per heavy atom. The molecule has 0 atom stereocenters. The van der Waals surface area contributed by atoms with Crippen molar-refractivity contribution in [1.82, 2.24) is 24.5 Å². The summed E-state index contributed by atoms with van der Waals surface area (Å²) in [6.07, 6.45) is 7.06. The molecule has 0 aliphatic heterocycles. The fourth-order valence-corrected chi connectivity index (χ4v) is 6.88. The largest absolute Gasteiger partial charge is 2.00 e. The van der Waals surface area contributed by atoms with E-state index in [0.717, 1.165) is 66.6 Å². The monoisotopic (exact) mass is 1120 g/mol. The van der Waals surface area contributed by atoms with Crippen LogP contribution >= 0.6 is 0 Å². The maximum Gasteiger partial charge on any atom is 2.00 e. The average molecular weight is 1120 g/mol. The van der Waals surface area contributed by atoms with Crippen LogP contribution < -0.4 is 9.47 Å². The number of nitrogens with zero attached hydrogens (tertiary/aromatic N) is 5. The number of hydrogen-bond acceptors (Lipinski definition) is 6. The van der Waals surface area contributed by atoms with Gasteiger partial charge < -0.3 is 24.0 Å². The Morgan fingerprint density at radius 2 is 0.831 bits per heavy atom. The molecule has 0 fully saturated rings. The van der Waals surface area contributed by atoms with Crippen LogP contribution in [-0.4, -0.2) is 24.5 Å². The van der Waals surface area contributed by atoms with E-state index < -0.39 is 0 Å². The summed E-state index contributed by atoms with van der Waals surface area (Å²) >= 11 is 0. The average Bonchev–Trinajstić information content (AvgIpc) is 3.60. The molecule has 6 aromatic carbocycles. The van der Waals surface area contributed by atoms with Gasteiger partial charge in [-0.25, -0.2) is 9.97 Å². The molecule has 0 unspecified atom stereocenters. The molecular formula is C50H29N5O2Pt2. The van der Waals surface area contributed by atoms with Crippen molar-refractivity contribution in [2.45, 2.75) is 0 Å². The zero-order chi connectivity index (χ0) is 38.0. The Hall–Kier alpha value is -6.52. The summed E-state index contributed by atoms with van der Waals surface area (Å²) in [7, 11) is 0. The van der Waals surface area contributed by atoms with E-state index in [1.807, 2.05) is 126 Å². The third-order valence-electron chi connectivity index (χ3n) is 9.55. The second-order valence-electron chi connectivity index (χ2n) is 13.2. The first-order valence-corrected chi connectivity index (χ1v) is 18.4. The van der Waals surface area contributed by atoms with Crippen LogP contribution in [0, 0.1) is 24.3 Å². The smallest absolute Gasteiger partial charge is 0.503 e. The van der Waals surface area contributed by atoms with Crippen molar-refractivity contribution in [3.8, 4) is 73.7 Å². The quantitative estimate of drug-likeness (QED) is 0.134. The summed E-state index contributed by atoms with van der Waals surface area (Å²) in [6, 6.07) is 63.6. The van der Waals surface area contributed by atoms with Crippen LogP contribution in [0.25, 0.3) is 72.5 Å². The van der Waals surface area contributed by atoms with Crippen molar-refractivity contribution >= 4 is 21.8 Å². The number of ether oxygens (including phenoxy) is 2. The van der Waals surface area contributed by atoms with Crippen molar-refractivity contribution in [2.24, 2.45) is 0 Å². The maximum absolute atomic E-state index is 6.40. The van der Waals surface area contributed by atoms with Gasteiger partial charge in [0.25, 0.3) is 0 Å². The Balaban J connectivity index is 0.00000242. The van der Waals surface area contributed by atoms with Crippen molar-refractivity contribution in [3.63, 3.8) is 0 Å². The van der Waals surface area contributed by atoms with Crippen molar-refractivity contribution in [1.29, 1.82) is 0 Å². The second-order valence-corrected chi connectivity index (χ2v) is 13.2. The van der Waals surface area contributed by atoms with E-state index in [0.29, 0.717) is 28.9 Å². The molecule has 0 saturated carbocycles. The molecule has 0 N–H and O–H groups in total. The topological polar surface area (TPSA) is 75.0 Å². The van der Waals surface area contributed by atoms with E-state index in [4.69, 9.17) is 9.47 Å². The Labute approximate surface area is 369 Å². The minimum atomic E-state index is 0. The van der Waals surface area contributed by atoms with Gasteiger partial charge in [0.15, 0.2) is 0 Å². The summed E-state index contributed by atoms with van der Waals surface area (Å²) in [6.45, 7) is 0. The predicted molar refractivity (Wildman–Crippen MR) is 222 cm³/mol. The Bertz CT molecular complexity index is 2850. The van der Waals surface area contributed by atoms with Crippen LogP contribution in [0.5, 0.6) is 23.0 Å². The first kappa shape index (κ1) is 39.3. The molecule has 0 bridgehead atoms. The second kappa shape index (κ2) is 17.5. The summed E-state index contributed by atoms with van der Waals surface area (Å²) in [5.41, 5.74) is 9.10. The first-order chi connectivity index (χ1) is 28.2. The van der Waals surface area contributed by atoms with Gasteiger partial charge in [-0.15, -0.1) is 71.8 Å². The van der Waals surface area contributed by atoms with E-state index in [1.165, 1.54) is 0 Å². The molecule has 286 valence electrons. The SMILES string of the molecule is [Pt+2].[Pt+2].[c-]1c(Oc2[c-]c3c(cc2)c2ccc(Oc4[c-]c(-c5cc(-c6ccccc6)ccn5)ccc4)[c-]c2n3-c2ncccn2)cccc1-c1cc(-c2ccccc2)ccn1. The molecule has 0 amide bonds. The summed E-state index contributed by atoms with van der Waals surface area (Å²) in [5, 5.41) is 1.87. The molecule has 10 rings (SSSR count). The van der Waals surface area contributed by atoms with Gasteiger partial charge in [0.05, 0.1) is 0 Å². The van der Waals surface area contributed by atoms with Crippen molar-refractivity contribution in [2.75, 3.05) is 0 Å². The predicted octanol–water partition coefficient (Wildman–Crippen LogP) is 11.8. The standard InChI is InChI=1S/C50H29N5O2.2Pt/c1-3-10-34(11-4-1)36-22-26-51-46(30-36)38-14-7-16-40(28-38)56-42-18-20-44-45-21-19-43(33-49(45)55(48(44)32-42)50-53-24-9-25-54-50)57-41-17-8-15-39(29-41)47-31-37(23-27-52-47)35-12-5-2-6-13-35;;/h1-27,30-31H;;/q-4;2*+2. The number of rotatable bonds is 9.